The summed E-state index contributed by atoms with van der Waals surface area (Å²) >= 11 is 0. The fourth-order valence-electron chi connectivity index (χ4n) is 10.5. The number of aliphatic hydroxyl groups excluding tert-OH is 2. The van der Waals surface area contributed by atoms with Crippen LogP contribution in [0.25, 0.3) is 0 Å². The van der Waals surface area contributed by atoms with Gasteiger partial charge in [-0.3, -0.25) is 19.3 Å². The highest BCUT2D eigenvalue weighted by Crippen LogP contribution is 2.59. The van der Waals surface area contributed by atoms with E-state index in [1.807, 2.05) is 73.7 Å². The molecule has 1 saturated heterocycles. The van der Waals surface area contributed by atoms with Crippen LogP contribution in [-0.4, -0.2) is 92.6 Å². The van der Waals surface area contributed by atoms with E-state index in [1.165, 1.54) is 0 Å². The number of nitrogens with one attached hydrogen (secondary N) is 2. The van der Waals surface area contributed by atoms with Crippen molar-refractivity contribution >= 4 is 48.0 Å². The topological polar surface area (TPSA) is 150 Å². The summed E-state index contributed by atoms with van der Waals surface area (Å²) < 4.78 is 18.6. The van der Waals surface area contributed by atoms with E-state index in [0.29, 0.717) is 55.9 Å². The standard InChI is InChI=1S/C48H58N4O8Si/c1-6-59-37-16-20-42-33(24-37)25-41(49-21-9-10-22-53)46(56)52(42)34-13-19-40-39(26-34)48(47(57)50-40)30(2)45(61(4,5)38-17-14-36(58-3)15-18-38)43(60-48)27-44(55)51-28-32-12-8-7-11-31(32)23-35(51)29-54/h7-8,11-20,24,26,30,35,41,43,45,49,53-54H,6,9-10,21-23,25,27-29H2,1-5H3,(H,50,57)/t30-,35+,41?,43+,45-,48+/m1/s1. The van der Waals surface area contributed by atoms with Crippen molar-refractivity contribution in [1.82, 2.24) is 10.2 Å². The smallest absolute Gasteiger partial charge is 0.261 e. The average Bonchev–Trinajstić information content (AvgIpc) is 3.72. The van der Waals surface area contributed by atoms with Crippen molar-refractivity contribution in [3.63, 3.8) is 0 Å². The summed E-state index contributed by atoms with van der Waals surface area (Å²) in [6, 6.07) is 26.7. The maximum atomic E-state index is 14.7. The van der Waals surface area contributed by atoms with Gasteiger partial charge in [0.1, 0.15) is 11.5 Å². The van der Waals surface area contributed by atoms with Crippen molar-refractivity contribution < 1.29 is 38.8 Å². The Hall–Kier alpha value is -5.05. The summed E-state index contributed by atoms with van der Waals surface area (Å²) in [6.45, 7) is 9.96. The largest absolute Gasteiger partial charge is 0.497 e. The third kappa shape index (κ3) is 7.64. The number of hydrogen-bond donors (Lipinski definition) is 4. The lowest BCUT2D eigenvalue weighted by atomic mass is 9.82. The lowest BCUT2D eigenvalue weighted by molar-refractivity contribution is -0.149. The molecular formula is C48H58N4O8Si. The third-order valence-electron chi connectivity index (χ3n) is 13.6. The van der Waals surface area contributed by atoms with Crippen LogP contribution in [0.15, 0.2) is 84.9 Å². The Kier molecular flexibility index (Phi) is 12.1. The van der Waals surface area contributed by atoms with E-state index in [-0.39, 0.29) is 54.9 Å². The highest BCUT2D eigenvalue weighted by Gasteiger charge is 2.65. The Bertz CT molecular complexity index is 2290. The van der Waals surface area contributed by atoms with Crippen molar-refractivity contribution in [1.29, 1.82) is 0 Å². The first-order valence-corrected chi connectivity index (χ1v) is 24.7. The lowest BCUT2D eigenvalue weighted by Crippen LogP contribution is -2.52. The molecule has 322 valence electrons. The van der Waals surface area contributed by atoms with Gasteiger partial charge >= 0.3 is 0 Å². The van der Waals surface area contributed by atoms with Gasteiger partial charge in [-0.1, -0.05) is 61.6 Å². The number of benzene rings is 4. The van der Waals surface area contributed by atoms with Gasteiger partial charge in [0.25, 0.3) is 5.91 Å². The number of amides is 3. The average molecular weight is 847 g/mol. The monoisotopic (exact) mass is 846 g/mol. The van der Waals surface area contributed by atoms with Crippen LogP contribution in [0.1, 0.15) is 55.4 Å². The second-order valence-electron chi connectivity index (χ2n) is 17.4. The fourth-order valence-corrected chi connectivity index (χ4v) is 14.5. The molecule has 12 nitrogen and oxygen atoms in total. The first kappa shape index (κ1) is 42.6. The quantitative estimate of drug-likeness (QED) is 0.0948. The van der Waals surface area contributed by atoms with Gasteiger partial charge in [-0.25, -0.2) is 0 Å². The fraction of sp³-hybridized carbons (Fsp3) is 0.438. The molecule has 1 spiro atoms. The molecule has 1 unspecified atom stereocenters. The molecule has 13 heteroatoms. The number of methoxy groups -OCH3 is 1. The molecule has 4 aromatic carbocycles. The number of hydrogen-bond acceptors (Lipinski definition) is 9. The SMILES string of the molecule is CCOc1ccc2c(c1)CC(NCCCCO)C(=O)N2c1ccc2c(c1)[C@]1(O[C@@H](CC(=O)N3Cc4ccccc4C[C@H]3CO)[C@H]([Si](C)(C)c3ccc(OC)cc3)[C@H]1C)C(=O)N2. The second kappa shape index (κ2) is 17.4. The van der Waals surface area contributed by atoms with Crippen LogP contribution in [-0.2, 0) is 44.1 Å². The van der Waals surface area contributed by atoms with Crippen molar-refractivity contribution in [2.75, 3.05) is 43.7 Å². The minimum absolute atomic E-state index is 0.0358. The van der Waals surface area contributed by atoms with Crippen LogP contribution < -0.4 is 30.2 Å². The summed E-state index contributed by atoms with van der Waals surface area (Å²) in [5.74, 6) is 0.555. The van der Waals surface area contributed by atoms with Crippen molar-refractivity contribution in [2.24, 2.45) is 5.92 Å². The lowest BCUT2D eigenvalue weighted by Gasteiger charge is -2.39. The van der Waals surface area contributed by atoms with E-state index in [1.54, 1.807) is 16.9 Å². The molecule has 0 aliphatic carbocycles. The zero-order valence-corrected chi connectivity index (χ0v) is 36.8. The zero-order chi connectivity index (χ0) is 43.1. The van der Waals surface area contributed by atoms with Crippen LogP contribution in [0.3, 0.4) is 0 Å². The molecule has 6 atom stereocenters. The van der Waals surface area contributed by atoms with Gasteiger partial charge in [0, 0.05) is 36.0 Å². The number of rotatable bonds is 14. The molecule has 4 heterocycles. The van der Waals surface area contributed by atoms with Gasteiger partial charge in [0.05, 0.1) is 58.7 Å². The molecule has 4 aliphatic rings. The van der Waals surface area contributed by atoms with E-state index in [0.717, 1.165) is 45.5 Å². The highest BCUT2D eigenvalue weighted by molar-refractivity contribution is 6.91. The van der Waals surface area contributed by atoms with E-state index in [4.69, 9.17) is 14.2 Å². The van der Waals surface area contributed by atoms with Gasteiger partial charge in [-0.2, -0.15) is 0 Å². The van der Waals surface area contributed by atoms with E-state index in [9.17, 15) is 24.6 Å². The van der Waals surface area contributed by atoms with Gasteiger partial charge in [-0.05, 0) is 110 Å². The van der Waals surface area contributed by atoms with Crippen molar-refractivity contribution in [3.8, 4) is 11.5 Å². The second-order valence-corrected chi connectivity index (χ2v) is 22.1. The number of fused-ring (bicyclic) bond motifs is 4. The molecule has 8 rings (SSSR count). The zero-order valence-electron chi connectivity index (χ0n) is 35.8. The number of anilines is 3. The normalized spacial score (nSPS) is 24.3. The summed E-state index contributed by atoms with van der Waals surface area (Å²) in [5, 5.41) is 27.6. The van der Waals surface area contributed by atoms with Gasteiger partial charge in [0.2, 0.25) is 11.8 Å². The number of nitrogens with zero attached hydrogens (tertiary/aromatic N) is 2. The minimum atomic E-state index is -2.58. The first-order valence-electron chi connectivity index (χ1n) is 21.6. The Labute approximate surface area is 359 Å². The predicted octanol–water partition coefficient (Wildman–Crippen LogP) is 5.55. The maximum Gasteiger partial charge on any atom is 0.261 e. The van der Waals surface area contributed by atoms with Gasteiger partial charge in [0.15, 0.2) is 5.60 Å². The molecule has 61 heavy (non-hydrogen) atoms. The van der Waals surface area contributed by atoms with Gasteiger partial charge in [-0.15, -0.1) is 0 Å². The van der Waals surface area contributed by atoms with Crippen LogP contribution >= 0.6 is 0 Å². The predicted molar refractivity (Wildman–Crippen MR) is 237 cm³/mol. The number of unbranched alkanes of at least 4 members (excludes halogenated alkanes) is 1. The molecule has 4 N–H and O–H groups in total. The third-order valence-corrected chi connectivity index (χ3v) is 18.0. The summed E-state index contributed by atoms with van der Waals surface area (Å²) in [5.41, 5.74) is 4.08. The first-order chi connectivity index (χ1) is 29.4. The van der Waals surface area contributed by atoms with E-state index < -0.39 is 25.8 Å². The molecule has 4 aliphatic heterocycles. The molecule has 0 bridgehead atoms. The molecule has 0 saturated carbocycles. The van der Waals surface area contributed by atoms with Gasteiger partial charge < -0.3 is 40.0 Å². The Balaban J connectivity index is 1.19. The molecule has 3 amide bonds. The number of carbonyl (C=O) groups excluding carboxylic acids is 3. The van der Waals surface area contributed by atoms with Crippen molar-refractivity contribution in [3.05, 3.63) is 107 Å². The molecule has 1 fully saturated rings. The number of aliphatic hydroxyl groups is 2. The molecule has 4 aromatic rings. The number of ether oxygens (including phenoxy) is 3. The van der Waals surface area contributed by atoms with E-state index >= 15 is 0 Å². The Morgan fingerprint density at radius 1 is 0.951 bits per heavy atom. The van der Waals surface area contributed by atoms with Crippen LogP contribution in [0.5, 0.6) is 11.5 Å². The molecule has 0 radical (unpaired) electrons. The minimum Gasteiger partial charge on any atom is -0.497 e. The summed E-state index contributed by atoms with van der Waals surface area (Å²) in [7, 11) is -0.936. The van der Waals surface area contributed by atoms with Crippen LogP contribution in [0.2, 0.25) is 18.6 Å². The Morgan fingerprint density at radius 2 is 1.70 bits per heavy atom. The highest BCUT2D eigenvalue weighted by atomic mass is 28.3. The van der Waals surface area contributed by atoms with Crippen molar-refractivity contribution in [2.45, 2.75) is 94.9 Å². The molecule has 0 aromatic heterocycles. The molecular weight excluding hydrogens is 789 g/mol. The van der Waals surface area contributed by atoms with Crippen LogP contribution in [0, 0.1) is 5.92 Å². The number of carbonyl (C=O) groups is 3. The van der Waals surface area contributed by atoms with Crippen LogP contribution in [0.4, 0.5) is 17.1 Å². The summed E-state index contributed by atoms with van der Waals surface area (Å²) in [6.07, 6.45) is 1.79. The van der Waals surface area contributed by atoms with E-state index in [2.05, 4.69) is 48.9 Å². The Morgan fingerprint density at radius 3 is 2.43 bits per heavy atom. The maximum absolute atomic E-state index is 14.7. The summed E-state index contributed by atoms with van der Waals surface area (Å²) in [4.78, 5) is 47.4.